The third kappa shape index (κ3) is 5.01. The quantitative estimate of drug-likeness (QED) is 0.408. The van der Waals surface area contributed by atoms with Crippen LogP contribution in [0.15, 0.2) is 77.3 Å². The Morgan fingerprint density at radius 3 is 2.61 bits per heavy atom. The van der Waals surface area contributed by atoms with E-state index in [0.29, 0.717) is 23.1 Å². The zero-order valence-electron chi connectivity index (χ0n) is 15.0. The van der Waals surface area contributed by atoms with Gasteiger partial charge in [-0.1, -0.05) is 18.3 Å². The largest absolute Gasteiger partial charge is 0.504 e. The highest BCUT2D eigenvalue weighted by molar-refractivity contribution is 7.99. The Morgan fingerprint density at radius 2 is 1.93 bits per heavy atom. The van der Waals surface area contributed by atoms with E-state index in [1.807, 2.05) is 24.3 Å². The highest BCUT2D eigenvalue weighted by atomic mass is 32.2. The summed E-state index contributed by atoms with van der Waals surface area (Å²) in [6.07, 6.45) is 2.88. The van der Waals surface area contributed by atoms with E-state index < -0.39 is 0 Å². The van der Waals surface area contributed by atoms with E-state index in [1.54, 1.807) is 24.4 Å². The number of methoxy groups -OCH3 is 1. The number of hydrogen-bond donors (Lipinski definition) is 3. The number of aromatic hydroxyl groups is 1. The van der Waals surface area contributed by atoms with Crippen LogP contribution in [0.4, 0.5) is 17.3 Å². The number of aromatic nitrogens is 2. The first-order valence-electron chi connectivity index (χ1n) is 8.26. The summed E-state index contributed by atoms with van der Waals surface area (Å²) in [7, 11) is 1.49. The third-order valence-electron chi connectivity index (χ3n) is 3.59. The van der Waals surface area contributed by atoms with E-state index >= 15 is 0 Å². The first-order chi connectivity index (χ1) is 13.6. The molecule has 1 amide bonds. The van der Waals surface area contributed by atoms with Gasteiger partial charge in [0.05, 0.1) is 7.11 Å². The van der Waals surface area contributed by atoms with E-state index in [2.05, 4.69) is 27.2 Å². The fraction of sp³-hybridized carbons (Fsp3) is 0.0500. The number of phenolic OH excluding ortho intramolecular Hbond substituents is 1. The number of phenols is 1. The summed E-state index contributed by atoms with van der Waals surface area (Å²) in [5, 5.41) is 16.4. The molecule has 7 nitrogen and oxygen atoms in total. The lowest BCUT2D eigenvalue weighted by Crippen LogP contribution is -2.06. The van der Waals surface area contributed by atoms with E-state index in [4.69, 9.17) is 4.74 Å². The number of carbonyl (C=O) groups is 1. The maximum atomic E-state index is 11.3. The molecular weight excluding hydrogens is 376 g/mol. The molecular formula is C20H18N4O3S. The van der Waals surface area contributed by atoms with E-state index in [9.17, 15) is 9.90 Å². The van der Waals surface area contributed by atoms with Crippen LogP contribution >= 0.6 is 11.8 Å². The fourth-order valence-electron chi connectivity index (χ4n) is 2.28. The summed E-state index contributed by atoms with van der Waals surface area (Å²) < 4.78 is 5.03. The summed E-state index contributed by atoms with van der Waals surface area (Å²) in [6, 6.07) is 14.2. The Kier molecular flexibility index (Phi) is 6.13. The molecule has 0 unspecified atom stereocenters. The van der Waals surface area contributed by atoms with Crippen molar-refractivity contribution in [2.24, 2.45) is 0 Å². The lowest BCUT2D eigenvalue weighted by molar-refractivity contribution is -0.111. The highest BCUT2D eigenvalue weighted by Crippen LogP contribution is 2.31. The maximum Gasteiger partial charge on any atom is 0.247 e. The first kappa shape index (κ1) is 19.2. The van der Waals surface area contributed by atoms with Gasteiger partial charge in [0.25, 0.3) is 0 Å². The van der Waals surface area contributed by atoms with Gasteiger partial charge in [0.2, 0.25) is 11.9 Å². The third-order valence-corrected chi connectivity index (χ3v) is 4.54. The molecule has 0 spiro atoms. The molecule has 3 aromatic rings. The predicted molar refractivity (Wildman–Crippen MR) is 109 cm³/mol. The monoisotopic (exact) mass is 394 g/mol. The molecule has 1 aromatic heterocycles. The second-order valence-corrected chi connectivity index (χ2v) is 6.64. The summed E-state index contributed by atoms with van der Waals surface area (Å²) in [5.41, 5.74) is 1.33. The Morgan fingerprint density at radius 1 is 1.18 bits per heavy atom. The van der Waals surface area contributed by atoms with Crippen molar-refractivity contribution in [3.05, 3.63) is 67.4 Å². The molecule has 2 aromatic carbocycles. The molecule has 1 heterocycles. The van der Waals surface area contributed by atoms with Crippen LogP contribution in [0.25, 0.3) is 0 Å². The molecule has 0 aliphatic heterocycles. The van der Waals surface area contributed by atoms with Crippen LogP contribution in [0.5, 0.6) is 11.5 Å². The smallest absolute Gasteiger partial charge is 0.247 e. The summed E-state index contributed by atoms with van der Waals surface area (Å²) in [5.74, 6) is 0.575. The molecule has 8 heteroatoms. The van der Waals surface area contributed by atoms with Crippen LogP contribution in [-0.2, 0) is 4.79 Å². The second-order valence-electron chi connectivity index (χ2n) is 5.55. The molecule has 3 N–H and O–H groups in total. The van der Waals surface area contributed by atoms with Crippen molar-refractivity contribution < 1.29 is 14.6 Å². The Balaban J connectivity index is 1.68. The molecule has 0 bridgehead atoms. The van der Waals surface area contributed by atoms with Crippen molar-refractivity contribution in [1.82, 2.24) is 9.97 Å². The molecule has 0 aliphatic carbocycles. The second kappa shape index (κ2) is 8.92. The van der Waals surface area contributed by atoms with Gasteiger partial charge in [-0.3, -0.25) is 4.79 Å². The van der Waals surface area contributed by atoms with Crippen LogP contribution in [0.3, 0.4) is 0 Å². The topological polar surface area (TPSA) is 96.4 Å². The van der Waals surface area contributed by atoms with Crippen molar-refractivity contribution in [2.45, 2.75) is 9.92 Å². The minimum absolute atomic E-state index is 0.0293. The van der Waals surface area contributed by atoms with Gasteiger partial charge in [-0.15, -0.1) is 0 Å². The minimum atomic E-state index is -0.253. The lowest BCUT2D eigenvalue weighted by atomic mass is 10.3. The number of anilines is 3. The maximum absolute atomic E-state index is 11.3. The molecule has 0 fully saturated rings. The average Bonchev–Trinajstić information content (AvgIpc) is 2.70. The zero-order valence-corrected chi connectivity index (χ0v) is 15.9. The van der Waals surface area contributed by atoms with Crippen molar-refractivity contribution >= 4 is 35.0 Å². The van der Waals surface area contributed by atoms with E-state index in [-0.39, 0.29) is 11.7 Å². The Hall–Kier alpha value is -3.52. The number of ether oxygens (including phenoxy) is 1. The van der Waals surface area contributed by atoms with Crippen LogP contribution in [0.1, 0.15) is 0 Å². The highest BCUT2D eigenvalue weighted by Gasteiger charge is 2.06. The molecule has 0 radical (unpaired) electrons. The number of amides is 1. The number of hydrogen-bond acceptors (Lipinski definition) is 7. The van der Waals surface area contributed by atoms with Crippen molar-refractivity contribution in [3.8, 4) is 11.5 Å². The molecule has 28 heavy (non-hydrogen) atoms. The standard InChI is InChI=1S/C20H18N4O3S/c1-3-18(26)22-13-4-7-15(8-5-13)28-19-10-11-21-20(24-19)23-14-6-9-17(27-2)16(25)12-14/h3-12,25H,1H2,2H3,(H,22,26)(H,21,23,24). The van der Waals surface area contributed by atoms with Gasteiger partial charge in [-0.2, -0.15) is 0 Å². The number of nitrogens with zero attached hydrogens (tertiary/aromatic N) is 2. The average molecular weight is 394 g/mol. The van der Waals surface area contributed by atoms with Gasteiger partial charge in [-0.05, 0) is 48.5 Å². The van der Waals surface area contributed by atoms with Gasteiger partial charge in [0.15, 0.2) is 11.5 Å². The number of nitrogens with one attached hydrogen (secondary N) is 2. The van der Waals surface area contributed by atoms with Gasteiger partial charge in [0.1, 0.15) is 5.03 Å². The van der Waals surface area contributed by atoms with Gasteiger partial charge in [-0.25, -0.2) is 9.97 Å². The first-order valence-corrected chi connectivity index (χ1v) is 9.07. The molecule has 0 saturated carbocycles. The summed E-state index contributed by atoms with van der Waals surface area (Å²) in [6.45, 7) is 3.43. The predicted octanol–water partition coefficient (Wildman–Crippen LogP) is 4.21. The van der Waals surface area contributed by atoms with Crippen molar-refractivity contribution in [3.63, 3.8) is 0 Å². The van der Waals surface area contributed by atoms with E-state index in [0.717, 1.165) is 9.92 Å². The van der Waals surface area contributed by atoms with Gasteiger partial charge < -0.3 is 20.5 Å². The van der Waals surface area contributed by atoms with Gasteiger partial charge in [0, 0.05) is 28.5 Å². The molecule has 142 valence electrons. The lowest BCUT2D eigenvalue weighted by Gasteiger charge is -2.09. The van der Waals surface area contributed by atoms with Crippen molar-refractivity contribution in [2.75, 3.05) is 17.7 Å². The van der Waals surface area contributed by atoms with Crippen LogP contribution in [0.2, 0.25) is 0 Å². The fourth-order valence-corrected chi connectivity index (χ4v) is 3.05. The number of carbonyl (C=O) groups excluding carboxylic acids is 1. The Bertz CT molecular complexity index is 993. The SMILES string of the molecule is C=CC(=O)Nc1ccc(Sc2ccnc(Nc3ccc(OC)c(O)c3)n2)cc1. The summed E-state index contributed by atoms with van der Waals surface area (Å²) >= 11 is 1.46. The number of benzene rings is 2. The Labute approximate surface area is 166 Å². The number of rotatable bonds is 7. The van der Waals surface area contributed by atoms with E-state index in [1.165, 1.54) is 31.0 Å². The molecule has 3 rings (SSSR count). The molecule has 0 atom stereocenters. The molecule has 0 aliphatic rings. The summed E-state index contributed by atoms with van der Waals surface area (Å²) in [4.78, 5) is 20.9. The van der Waals surface area contributed by atoms with Gasteiger partial charge >= 0.3 is 0 Å². The van der Waals surface area contributed by atoms with Crippen molar-refractivity contribution in [1.29, 1.82) is 0 Å². The zero-order chi connectivity index (χ0) is 19.9. The minimum Gasteiger partial charge on any atom is -0.504 e. The van der Waals surface area contributed by atoms with Crippen LogP contribution in [-0.4, -0.2) is 28.1 Å². The normalized spacial score (nSPS) is 10.2. The molecule has 0 saturated heterocycles. The van der Waals surface area contributed by atoms with Crippen LogP contribution in [0, 0.1) is 0 Å². The van der Waals surface area contributed by atoms with Crippen LogP contribution < -0.4 is 15.4 Å².